The van der Waals surface area contributed by atoms with E-state index in [4.69, 9.17) is 0 Å². The average molecular weight is 304 g/mol. The molecule has 0 unspecified atom stereocenters. The number of halogens is 3. The summed E-state index contributed by atoms with van der Waals surface area (Å²) >= 11 is 0. The molecule has 0 saturated heterocycles. The molecule has 3 heterocycles. The average Bonchev–Trinajstić information content (AvgIpc) is 2.89. The summed E-state index contributed by atoms with van der Waals surface area (Å²) in [6.45, 7) is 1.79. The zero-order valence-electron chi connectivity index (χ0n) is 11.5. The first-order chi connectivity index (χ1) is 10.4. The Hall–Kier alpha value is -2.70. The summed E-state index contributed by atoms with van der Waals surface area (Å²) in [4.78, 5) is 7.49. The molecule has 0 aliphatic heterocycles. The van der Waals surface area contributed by atoms with Gasteiger partial charge in [-0.25, -0.2) is 4.68 Å². The zero-order valence-corrected chi connectivity index (χ0v) is 11.5. The van der Waals surface area contributed by atoms with Crippen LogP contribution in [0.3, 0.4) is 0 Å². The highest BCUT2D eigenvalue weighted by Gasteiger charge is 2.32. The minimum atomic E-state index is -4.44. The van der Waals surface area contributed by atoms with Crippen molar-refractivity contribution >= 4 is 0 Å². The molecule has 0 saturated carbocycles. The van der Waals surface area contributed by atoms with Crippen molar-refractivity contribution < 1.29 is 13.2 Å². The highest BCUT2D eigenvalue weighted by molar-refractivity contribution is 5.64. The van der Waals surface area contributed by atoms with E-state index in [9.17, 15) is 13.2 Å². The topological polar surface area (TPSA) is 43.6 Å². The second kappa shape index (κ2) is 5.25. The van der Waals surface area contributed by atoms with Crippen molar-refractivity contribution in [1.29, 1.82) is 0 Å². The Kier molecular flexibility index (Phi) is 3.40. The Morgan fingerprint density at radius 1 is 1.09 bits per heavy atom. The Balaban J connectivity index is 1.98. The zero-order chi connectivity index (χ0) is 15.7. The van der Waals surface area contributed by atoms with Crippen molar-refractivity contribution in [2.75, 3.05) is 0 Å². The fraction of sp³-hybridized carbons (Fsp3) is 0.133. The molecule has 0 N–H and O–H groups in total. The number of nitrogens with zero attached hydrogens (tertiary/aromatic N) is 4. The van der Waals surface area contributed by atoms with Crippen molar-refractivity contribution in [2.45, 2.75) is 13.1 Å². The van der Waals surface area contributed by atoms with E-state index in [0.717, 1.165) is 17.3 Å². The maximum absolute atomic E-state index is 12.5. The molecule has 0 radical (unpaired) electrons. The van der Waals surface area contributed by atoms with Gasteiger partial charge in [0.25, 0.3) is 0 Å². The van der Waals surface area contributed by atoms with Crippen LogP contribution >= 0.6 is 0 Å². The first kappa shape index (κ1) is 14.2. The molecule has 0 aromatic carbocycles. The summed E-state index contributed by atoms with van der Waals surface area (Å²) in [5, 5.41) is 4.36. The number of alkyl halides is 3. The van der Waals surface area contributed by atoms with E-state index in [1.807, 2.05) is 6.07 Å². The molecule has 3 rings (SSSR count). The van der Waals surface area contributed by atoms with Crippen LogP contribution in [0.1, 0.15) is 11.4 Å². The van der Waals surface area contributed by atoms with Gasteiger partial charge in [-0.3, -0.25) is 9.97 Å². The van der Waals surface area contributed by atoms with Crippen LogP contribution in [0.4, 0.5) is 13.2 Å². The lowest BCUT2D eigenvalue weighted by atomic mass is 10.1. The molecule has 22 heavy (non-hydrogen) atoms. The van der Waals surface area contributed by atoms with E-state index in [0.29, 0.717) is 11.3 Å². The lowest BCUT2D eigenvalue weighted by Crippen LogP contribution is -2.07. The number of hydrogen-bond donors (Lipinski definition) is 0. The minimum Gasteiger partial charge on any atom is -0.262 e. The summed E-state index contributed by atoms with van der Waals surface area (Å²) < 4.78 is 39.3. The summed E-state index contributed by atoms with van der Waals surface area (Å²) in [5.74, 6) is 0. The molecule has 0 spiro atoms. The molecule has 0 aliphatic rings. The van der Waals surface area contributed by atoms with Gasteiger partial charge in [0.1, 0.15) is 5.69 Å². The standard InChI is InChI=1S/C15H11F3N4/c1-10-13(9-22(21-10)12-3-2-6-19-8-12)11-4-5-14(20-7-11)15(16,17)18/h2-9H,1H3. The molecule has 7 heteroatoms. The van der Waals surface area contributed by atoms with Gasteiger partial charge in [-0.1, -0.05) is 6.07 Å². The monoisotopic (exact) mass is 304 g/mol. The third kappa shape index (κ3) is 2.69. The minimum absolute atomic E-state index is 0.584. The number of hydrogen-bond acceptors (Lipinski definition) is 3. The molecule has 4 nitrogen and oxygen atoms in total. The summed E-state index contributed by atoms with van der Waals surface area (Å²) in [6.07, 6.45) is 1.83. The van der Waals surface area contributed by atoms with Gasteiger partial charge in [-0.05, 0) is 25.1 Å². The SMILES string of the molecule is Cc1nn(-c2cccnc2)cc1-c1ccc(C(F)(F)F)nc1. The number of pyridine rings is 2. The molecule has 0 fully saturated rings. The van der Waals surface area contributed by atoms with Crippen LogP contribution in [-0.2, 0) is 6.18 Å². The smallest absolute Gasteiger partial charge is 0.262 e. The van der Waals surface area contributed by atoms with E-state index in [2.05, 4.69) is 15.1 Å². The fourth-order valence-electron chi connectivity index (χ4n) is 2.09. The van der Waals surface area contributed by atoms with Crippen LogP contribution in [0.25, 0.3) is 16.8 Å². The Morgan fingerprint density at radius 2 is 1.91 bits per heavy atom. The van der Waals surface area contributed by atoms with E-state index in [1.54, 1.807) is 36.3 Å². The van der Waals surface area contributed by atoms with Crippen LogP contribution in [0.15, 0.2) is 49.1 Å². The van der Waals surface area contributed by atoms with Gasteiger partial charge in [-0.15, -0.1) is 0 Å². The van der Waals surface area contributed by atoms with Gasteiger partial charge in [0.05, 0.1) is 17.6 Å². The van der Waals surface area contributed by atoms with Crippen molar-refractivity contribution in [3.63, 3.8) is 0 Å². The van der Waals surface area contributed by atoms with Crippen LogP contribution in [0, 0.1) is 6.92 Å². The molecule has 3 aromatic rings. The second-order valence-electron chi connectivity index (χ2n) is 4.71. The first-order valence-electron chi connectivity index (χ1n) is 6.45. The van der Waals surface area contributed by atoms with Crippen LogP contribution in [0.2, 0.25) is 0 Å². The summed E-state index contributed by atoms with van der Waals surface area (Å²) in [5.41, 5.74) is 1.88. The van der Waals surface area contributed by atoms with E-state index in [-0.39, 0.29) is 0 Å². The normalized spacial score (nSPS) is 11.6. The summed E-state index contributed by atoms with van der Waals surface area (Å²) in [7, 11) is 0. The lowest BCUT2D eigenvalue weighted by molar-refractivity contribution is -0.141. The number of aryl methyl sites for hydroxylation is 1. The largest absolute Gasteiger partial charge is 0.433 e. The van der Waals surface area contributed by atoms with Crippen LogP contribution < -0.4 is 0 Å². The second-order valence-corrected chi connectivity index (χ2v) is 4.71. The van der Waals surface area contributed by atoms with Crippen molar-refractivity contribution in [3.05, 3.63) is 60.4 Å². The van der Waals surface area contributed by atoms with Gasteiger partial charge in [0.15, 0.2) is 0 Å². The van der Waals surface area contributed by atoms with Gasteiger partial charge in [0.2, 0.25) is 0 Å². The predicted molar refractivity (Wildman–Crippen MR) is 74.3 cm³/mol. The lowest BCUT2D eigenvalue weighted by Gasteiger charge is -2.05. The quantitative estimate of drug-likeness (QED) is 0.725. The molecule has 0 atom stereocenters. The molecule has 0 amide bonds. The van der Waals surface area contributed by atoms with Gasteiger partial charge in [-0.2, -0.15) is 18.3 Å². The van der Waals surface area contributed by atoms with Crippen molar-refractivity contribution in [1.82, 2.24) is 19.7 Å². The predicted octanol–water partition coefficient (Wildman–Crippen LogP) is 3.66. The highest BCUT2D eigenvalue weighted by atomic mass is 19.4. The van der Waals surface area contributed by atoms with Crippen LogP contribution in [0.5, 0.6) is 0 Å². The maximum atomic E-state index is 12.5. The Bertz CT molecular complexity index is 777. The molecule has 0 aliphatic carbocycles. The molecular formula is C15H11F3N4. The number of rotatable bonds is 2. The maximum Gasteiger partial charge on any atom is 0.433 e. The third-order valence-electron chi connectivity index (χ3n) is 3.17. The Morgan fingerprint density at radius 3 is 2.50 bits per heavy atom. The van der Waals surface area contributed by atoms with Crippen molar-refractivity contribution in [3.8, 4) is 16.8 Å². The fourth-order valence-corrected chi connectivity index (χ4v) is 2.09. The van der Waals surface area contributed by atoms with Gasteiger partial charge >= 0.3 is 6.18 Å². The molecule has 0 bridgehead atoms. The van der Waals surface area contributed by atoms with Gasteiger partial charge in [0, 0.05) is 29.7 Å². The van der Waals surface area contributed by atoms with Gasteiger partial charge < -0.3 is 0 Å². The van der Waals surface area contributed by atoms with E-state index >= 15 is 0 Å². The summed E-state index contributed by atoms with van der Waals surface area (Å²) in [6, 6.07) is 5.99. The third-order valence-corrected chi connectivity index (χ3v) is 3.17. The van der Waals surface area contributed by atoms with E-state index in [1.165, 1.54) is 12.3 Å². The highest BCUT2D eigenvalue weighted by Crippen LogP contribution is 2.29. The molecule has 112 valence electrons. The van der Waals surface area contributed by atoms with Crippen molar-refractivity contribution in [2.24, 2.45) is 0 Å². The Labute approximate surface area is 124 Å². The molecule has 3 aromatic heterocycles. The van der Waals surface area contributed by atoms with E-state index < -0.39 is 11.9 Å². The number of aromatic nitrogens is 4. The first-order valence-corrected chi connectivity index (χ1v) is 6.45. The molecular weight excluding hydrogens is 293 g/mol. The van der Waals surface area contributed by atoms with Crippen LogP contribution in [-0.4, -0.2) is 19.7 Å².